The van der Waals surface area contributed by atoms with Crippen molar-refractivity contribution >= 4 is 15.9 Å². The number of rotatable bonds is 7. The van der Waals surface area contributed by atoms with Gasteiger partial charge >= 0.3 is 0 Å². The lowest BCUT2D eigenvalue weighted by molar-refractivity contribution is -0.133. The highest BCUT2D eigenvalue weighted by Gasteiger charge is 2.31. The van der Waals surface area contributed by atoms with E-state index in [-0.39, 0.29) is 30.4 Å². The van der Waals surface area contributed by atoms with E-state index in [1.54, 1.807) is 4.90 Å². The zero-order valence-electron chi connectivity index (χ0n) is 18.3. The van der Waals surface area contributed by atoms with Crippen molar-refractivity contribution in [1.82, 2.24) is 14.1 Å². The number of carbonyl (C=O) groups is 1. The van der Waals surface area contributed by atoms with Gasteiger partial charge in [-0.25, -0.2) is 12.8 Å². The summed E-state index contributed by atoms with van der Waals surface area (Å²) < 4.78 is 40.6. The third-order valence-electron chi connectivity index (χ3n) is 5.55. The van der Waals surface area contributed by atoms with E-state index in [0.717, 1.165) is 11.6 Å². The van der Waals surface area contributed by atoms with Gasteiger partial charge in [0, 0.05) is 32.7 Å². The summed E-state index contributed by atoms with van der Waals surface area (Å²) in [5.41, 5.74) is 2.42. The first kappa shape index (κ1) is 23.4. The van der Waals surface area contributed by atoms with Crippen LogP contribution in [0.4, 0.5) is 4.39 Å². The van der Waals surface area contributed by atoms with Crippen LogP contribution in [-0.4, -0.2) is 68.2 Å². The molecule has 2 aromatic carbocycles. The predicted molar refractivity (Wildman–Crippen MR) is 119 cm³/mol. The van der Waals surface area contributed by atoms with E-state index in [1.807, 2.05) is 11.9 Å². The number of sulfonamides is 1. The lowest BCUT2D eigenvalue weighted by Gasteiger charge is -2.34. The van der Waals surface area contributed by atoms with Crippen LogP contribution in [0.1, 0.15) is 30.9 Å². The van der Waals surface area contributed by atoms with E-state index < -0.39 is 15.8 Å². The molecule has 0 atom stereocenters. The van der Waals surface area contributed by atoms with Crippen molar-refractivity contribution in [3.63, 3.8) is 0 Å². The van der Waals surface area contributed by atoms with Gasteiger partial charge in [0.15, 0.2) is 0 Å². The number of hydrogen-bond donors (Lipinski definition) is 0. The Morgan fingerprint density at radius 2 is 1.65 bits per heavy atom. The van der Waals surface area contributed by atoms with E-state index >= 15 is 0 Å². The minimum Gasteiger partial charge on any atom is -0.339 e. The van der Waals surface area contributed by atoms with Crippen molar-refractivity contribution < 1.29 is 17.6 Å². The summed E-state index contributed by atoms with van der Waals surface area (Å²) in [6.45, 7) is 6.12. The number of halogens is 1. The molecule has 0 saturated carbocycles. The molecule has 1 aliphatic heterocycles. The van der Waals surface area contributed by atoms with Gasteiger partial charge in [0.1, 0.15) is 10.7 Å². The molecule has 1 aliphatic rings. The molecule has 1 fully saturated rings. The first-order valence-electron chi connectivity index (χ1n) is 10.5. The lowest BCUT2D eigenvalue weighted by Crippen LogP contribution is -2.52. The SMILES string of the molecule is CC(C)c1ccc(CN(C)CC(=O)N2CCN(S(=O)(=O)c3ccccc3F)CC2)cc1. The van der Waals surface area contributed by atoms with E-state index in [0.29, 0.717) is 25.6 Å². The molecule has 3 rings (SSSR count). The number of carbonyl (C=O) groups excluding carboxylic acids is 1. The normalized spacial score (nSPS) is 15.6. The molecule has 0 radical (unpaired) electrons. The zero-order chi connectivity index (χ0) is 22.6. The van der Waals surface area contributed by atoms with Crippen LogP contribution in [0, 0.1) is 5.82 Å². The summed E-state index contributed by atoms with van der Waals surface area (Å²) in [6.07, 6.45) is 0. The average molecular weight is 448 g/mol. The molecule has 0 aromatic heterocycles. The van der Waals surface area contributed by atoms with Crippen LogP contribution in [0.2, 0.25) is 0 Å². The van der Waals surface area contributed by atoms with Crippen LogP contribution < -0.4 is 0 Å². The van der Waals surface area contributed by atoms with Gasteiger partial charge in [-0.2, -0.15) is 4.31 Å². The van der Waals surface area contributed by atoms with Crippen LogP contribution in [-0.2, 0) is 21.4 Å². The second-order valence-electron chi connectivity index (χ2n) is 8.28. The maximum absolute atomic E-state index is 14.0. The Labute approximate surface area is 184 Å². The summed E-state index contributed by atoms with van der Waals surface area (Å²) in [5.74, 6) is -0.317. The monoisotopic (exact) mass is 447 g/mol. The second-order valence-corrected chi connectivity index (χ2v) is 10.2. The van der Waals surface area contributed by atoms with Crippen LogP contribution in [0.5, 0.6) is 0 Å². The van der Waals surface area contributed by atoms with Crippen molar-refractivity contribution in [3.05, 3.63) is 65.5 Å². The number of amides is 1. The quantitative estimate of drug-likeness (QED) is 0.655. The summed E-state index contributed by atoms with van der Waals surface area (Å²) in [7, 11) is -2.01. The van der Waals surface area contributed by atoms with Crippen molar-refractivity contribution in [3.8, 4) is 0 Å². The number of likely N-dealkylation sites (N-methyl/N-ethyl adjacent to an activating group) is 1. The molecule has 0 unspecified atom stereocenters. The van der Waals surface area contributed by atoms with Gasteiger partial charge in [-0.15, -0.1) is 0 Å². The van der Waals surface area contributed by atoms with E-state index in [1.165, 1.54) is 28.1 Å². The van der Waals surface area contributed by atoms with Crippen LogP contribution in [0.3, 0.4) is 0 Å². The van der Waals surface area contributed by atoms with Gasteiger partial charge in [-0.3, -0.25) is 9.69 Å². The van der Waals surface area contributed by atoms with Gasteiger partial charge in [-0.05, 0) is 36.2 Å². The van der Waals surface area contributed by atoms with E-state index in [4.69, 9.17) is 0 Å². The Balaban J connectivity index is 1.52. The maximum atomic E-state index is 14.0. The molecule has 168 valence electrons. The van der Waals surface area contributed by atoms with Gasteiger partial charge in [-0.1, -0.05) is 50.2 Å². The molecular weight excluding hydrogens is 417 g/mol. The first-order chi connectivity index (χ1) is 14.7. The van der Waals surface area contributed by atoms with Gasteiger partial charge < -0.3 is 4.90 Å². The van der Waals surface area contributed by atoms with Gasteiger partial charge in [0.25, 0.3) is 0 Å². The minimum atomic E-state index is -3.91. The molecule has 0 N–H and O–H groups in total. The summed E-state index contributed by atoms with van der Waals surface area (Å²) in [6, 6.07) is 13.8. The van der Waals surface area contributed by atoms with E-state index in [2.05, 4.69) is 38.1 Å². The highest BCUT2D eigenvalue weighted by Crippen LogP contribution is 2.20. The maximum Gasteiger partial charge on any atom is 0.246 e. The Hall–Kier alpha value is -2.29. The van der Waals surface area contributed by atoms with Crippen molar-refractivity contribution in [2.75, 3.05) is 39.8 Å². The number of hydrogen-bond acceptors (Lipinski definition) is 4. The molecule has 0 aliphatic carbocycles. The first-order valence-corrected chi connectivity index (χ1v) is 11.9. The summed E-state index contributed by atoms with van der Waals surface area (Å²) in [5, 5.41) is 0. The molecular formula is C23H30FN3O3S. The predicted octanol–water partition coefficient (Wildman–Crippen LogP) is 2.91. The van der Waals surface area contributed by atoms with Gasteiger partial charge in [0.05, 0.1) is 6.54 Å². The zero-order valence-corrected chi connectivity index (χ0v) is 19.1. The second kappa shape index (κ2) is 9.89. The van der Waals surface area contributed by atoms with Crippen molar-refractivity contribution in [2.24, 2.45) is 0 Å². The number of nitrogens with zero attached hydrogens (tertiary/aromatic N) is 3. The Morgan fingerprint density at radius 3 is 2.23 bits per heavy atom. The molecule has 2 aromatic rings. The van der Waals surface area contributed by atoms with Crippen molar-refractivity contribution in [1.29, 1.82) is 0 Å². The fourth-order valence-corrected chi connectivity index (χ4v) is 5.16. The molecule has 31 heavy (non-hydrogen) atoms. The van der Waals surface area contributed by atoms with Crippen LogP contribution in [0.15, 0.2) is 53.4 Å². The Kier molecular flexibility index (Phi) is 7.46. The third-order valence-corrected chi connectivity index (χ3v) is 7.48. The largest absolute Gasteiger partial charge is 0.339 e. The van der Waals surface area contributed by atoms with Crippen LogP contribution >= 0.6 is 0 Å². The highest BCUT2D eigenvalue weighted by molar-refractivity contribution is 7.89. The van der Waals surface area contributed by atoms with Crippen LogP contribution in [0.25, 0.3) is 0 Å². The minimum absolute atomic E-state index is 0.0377. The molecule has 1 amide bonds. The standard InChI is InChI=1S/C23H30FN3O3S/c1-18(2)20-10-8-19(9-11-20)16-25(3)17-23(28)26-12-14-27(15-13-26)31(29,30)22-7-5-4-6-21(22)24/h4-11,18H,12-17H2,1-3H3. The molecule has 8 heteroatoms. The fourth-order valence-electron chi connectivity index (χ4n) is 3.68. The highest BCUT2D eigenvalue weighted by atomic mass is 32.2. The molecule has 6 nitrogen and oxygen atoms in total. The Morgan fingerprint density at radius 1 is 1.03 bits per heavy atom. The molecule has 0 bridgehead atoms. The lowest BCUT2D eigenvalue weighted by atomic mass is 10.0. The molecule has 1 heterocycles. The molecule has 1 saturated heterocycles. The summed E-state index contributed by atoms with van der Waals surface area (Å²) >= 11 is 0. The third kappa shape index (κ3) is 5.70. The fraction of sp³-hybridized carbons (Fsp3) is 0.435. The topological polar surface area (TPSA) is 60.9 Å². The smallest absolute Gasteiger partial charge is 0.246 e. The molecule has 0 spiro atoms. The van der Waals surface area contributed by atoms with E-state index in [9.17, 15) is 17.6 Å². The van der Waals surface area contributed by atoms with Gasteiger partial charge in [0.2, 0.25) is 15.9 Å². The van der Waals surface area contributed by atoms with Crippen molar-refractivity contribution in [2.45, 2.75) is 31.2 Å². The summed E-state index contributed by atoms with van der Waals surface area (Å²) in [4.78, 5) is 16.0. The number of benzene rings is 2. The number of piperazine rings is 1. The average Bonchev–Trinajstić information content (AvgIpc) is 2.74. The Bertz CT molecular complexity index is 1000.